The molecule has 0 amide bonds. The molecule has 0 bridgehead atoms. The largest absolute Gasteiger partial charge is 0.313 e. The molecule has 2 aromatic heterocycles. The lowest BCUT2D eigenvalue weighted by molar-refractivity contribution is 0.611. The van der Waals surface area contributed by atoms with Gasteiger partial charge in [-0.05, 0) is 77.6 Å². The molecule has 6 aromatic rings. The van der Waals surface area contributed by atoms with Crippen LogP contribution in [0.15, 0.2) is 109 Å². The van der Waals surface area contributed by atoms with Crippen LogP contribution in [-0.2, 0) is 0 Å². The van der Waals surface area contributed by atoms with E-state index in [4.69, 9.17) is 0 Å². The first-order valence-corrected chi connectivity index (χ1v) is 15.2. The first kappa shape index (κ1) is 26.1. The van der Waals surface area contributed by atoms with Gasteiger partial charge in [-0.15, -0.1) is 0 Å². The summed E-state index contributed by atoms with van der Waals surface area (Å²) < 4.78 is 4.62. The van der Waals surface area contributed by atoms with Crippen molar-refractivity contribution in [3.8, 4) is 17.8 Å². The zero-order valence-electron chi connectivity index (χ0n) is 24.7. The summed E-state index contributed by atoms with van der Waals surface area (Å²) in [4.78, 5) is 0. The number of hydrogen-bond acceptors (Lipinski definition) is 2. The first-order valence-electron chi connectivity index (χ1n) is 15.2. The van der Waals surface area contributed by atoms with Gasteiger partial charge in [0.2, 0.25) is 0 Å². The molecule has 210 valence electrons. The standard InChI is InChI=1S/C40H30N4/c1-25-10-9-17-38-40(25)34-13-5-8-16-37(34)44(38)39-22-29(20-30(24-42)26(39)2)28-18-27(23-41)19-31(21-28)43-35-14-6-3-11-32(35)33-12-4-7-15-36(33)43/h3-9,11-22,25-26,30H,10H2,1-2H3. The molecule has 44 heavy (non-hydrogen) atoms. The number of para-hydroxylation sites is 3. The summed E-state index contributed by atoms with van der Waals surface area (Å²) in [5.41, 5.74) is 10.5. The van der Waals surface area contributed by atoms with Crippen molar-refractivity contribution in [2.75, 3.05) is 0 Å². The highest BCUT2D eigenvalue weighted by Gasteiger charge is 2.30. The Bertz CT molecular complexity index is 2270. The van der Waals surface area contributed by atoms with Gasteiger partial charge in [-0.3, -0.25) is 0 Å². The maximum Gasteiger partial charge on any atom is 0.0992 e. The minimum atomic E-state index is -0.311. The van der Waals surface area contributed by atoms with Crippen LogP contribution in [0.4, 0.5) is 0 Å². The number of hydrogen-bond donors (Lipinski definition) is 0. The fourth-order valence-electron chi connectivity index (χ4n) is 7.38. The molecule has 8 rings (SSSR count). The van der Waals surface area contributed by atoms with Crippen molar-refractivity contribution in [1.82, 2.24) is 9.13 Å². The lowest BCUT2D eigenvalue weighted by Gasteiger charge is -2.28. The SMILES string of the molecule is CC1CC=Cc2c1c1ccccc1n2C1=CC(c2cc(C#N)cc(-n3c4ccccc4c4ccccc43)c2)=CC(C#N)C1C. The number of nitriles is 2. The molecule has 0 radical (unpaired) electrons. The fraction of sp³-hybridized carbons (Fsp3) is 0.150. The Labute approximate surface area is 256 Å². The number of benzene rings is 4. The van der Waals surface area contributed by atoms with E-state index in [0.717, 1.165) is 40.0 Å². The molecule has 0 saturated heterocycles. The van der Waals surface area contributed by atoms with Gasteiger partial charge in [-0.1, -0.05) is 80.6 Å². The third kappa shape index (κ3) is 3.82. The molecule has 0 aliphatic heterocycles. The summed E-state index contributed by atoms with van der Waals surface area (Å²) in [7, 11) is 0. The number of fused-ring (bicyclic) bond motifs is 6. The monoisotopic (exact) mass is 566 g/mol. The number of allylic oxidation sites excluding steroid dienone is 5. The molecule has 4 heteroatoms. The van der Waals surface area contributed by atoms with Gasteiger partial charge in [0.05, 0.1) is 40.2 Å². The third-order valence-corrected chi connectivity index (χ3v) is 9.50. The molecule has 3 atom stereocenters. The molecule has 2 aliphatic rings. The Morgan fingerprint density at radius 3 is 2.05 bits per heavy atom. The molecular formula is C40H30N4. The number of aromatic nitrogens is 2. The minimum Gasteiger partial charge on any atom is -0.313 e. The molecular weight excluding hydrogens is 536 g/mol. The van der Waals surface area contributed by atoms with Crippen molar-refractivity contribution in [2.24, 2.45) is 11.8 Å². The Kier molecular flexibility index (Phi) is 5.93. The molecule has 2 heterocycles. The second-order valence-corrected chi connectivity index (χ2v) is 12.1. The predicted octanol–water partition coefficient (Wildman–Crippen LogP) is 9.84. The smallest absolute Gasteiger partial charge is 0.0992 e. The van der Waals surface area contributed by atoms with Crippen molar-refractivity contribution < 1.29 is 0 Å². The Morgan fingerprint density at radius 2 is 1.39 bits per heavy atom. The Hall–Kier alpha value is -5.58. The van der Waals surface area contributed by atoms with Crippen molar-refractivity contribution in [3.05, 3.63) is 132 Å². The van der Waals surface area contributed by atoms with E-state index in [1.54, 1.807) is 0 Å². The molecule has 0 saturated carbocycles. The van der Waals surface area contributed by atoms with E-state index in [9.17, 15) is 10.5 Å². The molecule has 0 N–H and O–H groups in total. The number of rotatable bonds is 3. The lowest BCUT2D eigenvalue weighted by Crippen LogP contribution is -2.19. The van der Waals surface area contributed by atoms with Gasteiger partial charge in [-0.2, -0.15) is 10.5 Å². The maximum absolute atomic E-state index is 10.4. The van der Waals surface area contributed by atoms with Crippen LogP contribution in [0.25, 0.3) is 55.7 Å². The van der Waals surface area contributed by atoms with E-state index < -0.39 is 0 Å². The van der Waals surface area contributed by atoms with Crippen LogP contribution < -0.4 is 0 Å². The Morgan fingerprint density at radius 1 is 0.750 bits per heavy atom. The summed E-state index contributed by atoms with van der Waals surface area (Å²) >= 11 is 0. The molecule has 4 nitrogen and oxygen atoms in total. The van der Waals surface area contributed by atoms with Crippen LogP contribution in [0, 0.1) is 34.5 Å². The van der Waals surface area contributed by atoms with Crippen molar-refractivity contribution in [3.63, 3.8) is 0 Å². The summed E-state index contributed by atoms with van der Waals surface area (Å²) in [6, 6.07) is 36.5. The zero-order chi connectivity index (χ0) is 29.9. The van der Waals surface area contributed by atoms with Crippen LogP contribution in [0.3, 0.4) is 0 Å². The van der Waals surface area contributed by atoms with Gasteiger partial charge in [0.15, 0.2) is 0 Å². The first-order chi connectivity index (χ1) is 21.6. The van der Waals surface area contributed by atoms with E-state index >= 15 is 0 Å². The zero-order valence-corrected chi connectivity index (χ0v) is 24.7. The van der Waals surface area contributed by atoms with E-state index in [0.29, 0.717) is 11.5 Å². The molecule has 3 unspecified atom stereocenters. The van der Waals surface area contributed by atoms with Gasteiger partial charge in [-0.25, -0.2) is 0 Å². The Balaban J connectivity index is 1.36. The number of nitrogens with zero attached hydrogens (tertiary/aromatic N) is 4. The average molecular weight is 567 g/mol. The molecule has 4 aromatic carbocycles. The van der Waals surface area contributed by atoms with Crippen LogP contribution in [0.2, 0.25) is 0 Å². The van der Waals surface area contributed by atoms with Crippen LogP contribution in [0.1, 0.15) is 48.6 Å². The van der Waals surface area contributed by atoms with E-state index in [-0.39, 0.29) is 11.8 Å². The highest BCUT2D eigenvalue weighted by molar-refractivity contribution is 6.09. The second-order valence-electron chi connectivity index (χ2n) is 12.1. The van der Waals surface area contributed by atoms with Crippen LogP contribution >= 0.6 is 0 Å². The predicted molar refractivity (Wildman–Crippen MR) is 180 cm³/mol. The molecule has 2 aliphatic carbocycles. The molecule has 0 fully saturated rings. The fourth-order valence-corrected chi connectivity index (χ4v) is 7.38. The van der Waals surface area contributed by atoms with Gasteiger partial charge >= 0.3 is 0 Å². The maximum atomic E-state index is 10.4. The quantitative estimate of drug-likeness (QED) is 0.214. The topological polar surface area (TPSA) is 57.4 Å². The van der Waals surface area contributed by atoms with Crippen molar-refractivity contribution in [2.45, 2.75) is 26.2 Å². The summed E-state index contributed by atoms with van der Waals surface area (Å²) in [5.74, 6) is 0.1000. The van der Waals surface area contributed by atoms with Crippen LogP contribution in [-0.4, -0.2) is 9.13 Å². The summed E-state index contributed by atoms with van der Waals surface area (Å²) in [5, 5.41) is 24.2. The van der Waals surface area contributed by atoms with Gasteiger partial charge in [0.1, 0.15) is 0 Å². The van der Waals surface area contributed by atoms with E-state index in [2.05, 4.69) is 138 Å². The highest BCUT2D eigenvalue weighted by Crippen LogP contribution is 2.44. The summed E-state index contributed by atoms with van der Waals surface area (Å²) in [6.45, 7) is 4.45. The second kappa shape index (κ2) is 10.0. The summed E-state index contributed by atoms with van der Waals surface area (Å²) in [6.07, 6.45) is 9.86. The van der Waals surface area contributed by atoms with Crippen LogP contribution in [0.5, 0.6) is 0 Å². The minimum absolute atomic E-state index is 0.00903. The van der Waals surface area contributed by atoms with Gasteiger partial charge < -0.3 is 9.13 Å². The average Bonchev–Trinajstić information content (AvgIpc) is 3.58. The third-order valence-electron chi connectivity index (χ3n) is 9.50. The van der Waals surface area contributed by atoms with Crippen molar-refractivity contribution >= 4 is 50.1 Å². The molecule has 0 spiro atoms. The lowest BCUT2D eigenvalue weighted by atomic mass is 9.82. The van der Waals surface area contributed by atoms with Gasteiger partial charge in [0, 0.05) is 39.2 Å². The van der Waals surface area contributed by atoms with Crippen molar-refractivity contribution in [1.29, 1.82) is 10.5 Å². The highest BCUT2D eigenvalue weighted by atomic mass is 15.0. The van der Waals surface area contributed by atoms with Gasteiger partial charge in [0.25, 0.3) is 0 Å². The normalized spacial score (nSPS) is 19.4. The van der Waals surface area contributed by atoms with E-state index in [1.807, 2.05) is 12.1 Å². The van der Waals surface area contributed by atoms with E-state index in [1.165, 1.54) is 32.9 Å².